The predicted molar refractivity (Wildman–Crippen MR) is 397 cm³/mol. The highest BCUT2D eigenvalue weighted by Gasteiger charge is 2.47. The Hall–Kier alpha value is -4.82. The molecular formula is C62H103N11O20P4S2. The first-order chi connectivity index (χ1) is 45.8. The molecule has 0 saturated carbocycles. The third-order valence-corrected chi connectivity index (χ3v) is 23.0. The number of amides is 2. The molecule has 99 heavy (non-hydrogen) atoms. The zero-order valence-corrected chi connectivity index (χ0v) is 63.4. The fourth-order valence-electron chi connectivity index (χ4n) is 10.8. The number of carbonyl (C=O) groups excluding carboxylic acids is 2. The van der Waals surface area contributed by atoms with E-state index in [-0.39, 0.29) is 57.7 Å². The lowest BCUT2D eigenvalue weighted by Gasteiger charge is -2.20. The fraction of sp³-hybridized carbons (Fsp3) is 0.645. The molecule has 0 aromatic carbocycles. The number of aromatic nitrogens is 8. The monoisotopic (exact) mass is 1510 g/mol. The summed E-state index contributed by atoms with van der Waals surface area (Å²) < 4.78 is 28.5. The third kappa shape index (κ3) is 24.4. The molecular weight excluding hydrogens is 1410 g/mol. The van der Waals surface area contributed by atoms with Crippen LogP contribution in [0.1, 0.15) is 93.6 Å². The molecule has 0 radical (unpaired) electrons. The second-order valence-electron chi connectivity index (χ2n) is 28.0. The van der Waals surface area contributed by atoms with Crippen molar-refractivity contribution in [3.63, 3.8) is 0 Å². The van der Waals surface area contributed by atoms with E-state index in [2.05, 4.69) is 114 Å². The number of aliphatic hydroxyl groups excluding tert-OH is 8. The molecule has 4 fully saturated rings. The SMILES string of the molecule is C=P(C)(C)CC[C@H]1OC(n2cc(CC)c(=O)[nH]c2=S)[C@H](O)[C@@H]1O.C=P(C)(C)CC[C@H]1OC(n2cc(CNC(C)=O)c(=O)[nH]c2=O)[C@H](O)[C@@H]1O.C=P(C)(C)CC[C@H]1OC(n2cc(CNC(C)=O)c(=O)[nH]c2=S)[C@H](O)[C@@H]1O.C=P(C)(C)CC[C@H]1OC(n2cc(CNC)c(=O)[nH]c2=O)[C@H](O)[C@@H]1O. The van der Waals surface area contributed by atoms with Crippen molar-refractivity contribution in [2.45, 2.75) is 171 Å². The number of hydrogen-bond donors (Lipinski definition) is 15. The van der Waals surface area contributed by atoms with E-state index < -0.39 is 154 Å². The minimum atomic E-state index is -1.33. The first-order valence-electron chi connectivity index (χ1n) is 32.0. The number of aromatic amines is 4. The van der Waals surface area contributed by atoms with Gasteiger partial charge in [0, 0.05) is 69.4 Å². The molecule has 15 N–H and O–H groups in total. The van der Waals surface area contributed by atoms with Gasteiger partial charge in [-0.05, 0) is 142 Å². The van der Waals surface area contributed by atoms with Crippen LogP contribution < -0.4 is 49.6 Å². The topological polar surface area (TPSA) is 454 Å². The molecule has 16 atom stereocenters. The van der Waals surface area contributed by atoms with Gasteiger partial charge in [-0.1, -0.05) is 6.92 Å². The van der Waals surface area contributed by atoms with Crippen molar-refractivity contribution in [1.82, 2.24) is 54.2 Å². The number of hydrogen-bond acceptors (Lipinski definition) is 23. The highest BCUT2D eigenvalue weighted by atomic mass is 32.1. The van der Waals surface area contributed by atoms with Gasteiger partial charge in [0.05, 0.1) is 35.5 Å². The van der Waals surface area contributed by atoms with E-state index >= 15 is 0 Å². The van der Waals surface area contributed by atoms with Crippen molar-refractivity contribution >= 4 is 89.0 Å². The van der Waals surface area contributed by atoms with E-state index in [1.807, 2.05) is 6.92 Å². The molecule has 0 spiro atoms. The number of H-pyrrole nitrogens is 4. The summed E-state index contributed by atoms with van der Waals surface area (Å²) in [6.07, 6.45) is 13.0. The quantitative estimate of drug-likeness (QED) is 0.0323. The van der Waals surface area contributed by atoms with Gasteiger partial charge in [0.25, 0.3) is 22.2 Å². The maximum atomic E-state index is 12.1. The van der Waals surface area contributed by atoms with E-state index in [0.717, 1.165) is 33.8 Å². The fourth-order valence-corrected chi connectivity index (χ4v) is 15.1. The van der Waals surface area contributed by atoms with Gasteiger partial charge < -0.3 is 75.8 Å². The zero-order chi connectivity index (χ0) is 74.7. The second kappa shape index (κ2) is 36.1. The number of nitrogens with one attached hydrogen (secondary N) is 7. The molecule has 0 aliphatic carbocycles. The van der Waals surface area contributed by atoms with Crippen molar-refractivity contribution in [2.24, 2.45) is 0 Å². The summed E-state index contributed by atoms with van der Waals surface area (Å²) in [7, 11) is 1.68. The van der Waals surface area contributed by atoms with Gasteiger partial charge in [0.2, 0.25) is 11.8 Å². The minimum absolute atomic E-state index is 0.0231. The molecule has 4 aliphatic rings. The lowest BCUT2D eigenvalue weighted by atomic mass is 10.1. The van der Waals surface area contributed by atoms with Crippen LogP contribution in [-0.2, 0) is 54.6 Å². The van der Waals surface area contributed by atoms with E-state index in [0.29, 0.717) is 43.2 Å². The van der Waals surface area contributed by atoms with E-state index in [1.54, 1.807) is 13.2 Å². The Morgan fingerprint density at radius 1 is 0.434 bits per heavy atom. The molecule has 558 valence electrons. The standard InChI is InChI=1S/C16H26N3O6P.C16H26N3O5PS.C15H26N3O5P.C15H25N2O4PS/c1-9(20)17-7-10-8-19(16(24)18-14(10)23)15-13(22)12(21)11(25-15)5-6-26(2,3)4;1-9(20)17-7-10-8-19(16(26)18-14(10)23)15-13(22)12(21)11(24-15)5-6-25(2,3)4;1-16-7-9-8-18(15(22)17-13(9)21)14-12(20)11(19)10(23-14)5-6-24(2,3)4;1-5-9-8-17(15(23)16-13(9)20)14-12(19)11(18)10(21-14)6-7-22(2,3)4/h8,11-13,15,21-22H,2,5-7H2,1,3-4H3,(H,17,20)(H,18,23,24);8,11-13,15,21-22H,2,5-7H2,1,3-4H3,(H,17,20)(H,18,23,26);8,10-12,14,16,19-20H,2,5-7H2,1,3-4H3,(H,17,21,22);8,10-12,14,18-19H,2,5-7H2,1,3-4H3,(H,16,20,23)/t2*11-,12-,13-,15?;2*10-,11-,12-,14?/m1111/s1. The first kappa shape index (κ1) is 84.8. The average Bonchev–Trinajstić information content (AvgIpc) is 1.71. The van der Waals surface area contributed by atoms with Crippen LogP contribution in [0, 0.1) is 9.54 Å². The number of ether oxygens (including phenoxy) is 4. The van der Waals surface area contributed by atoms with Crippen LogP contribution in [-0.4, -0.2) is 274 Å². The summed E-state index contributed by atoms with van der Waals surface area (Å²) in [6.45, 7) is 16.3. The van der Waals surface area contributed by atoms with Crippen LogP contribution in [0.2, 0.25) is 0 Å². The van der Waals surface area contributed by atoms with Crippen molar-refractivity contribution in [2.75, 3.05) is 85.0 Å². The third-order valence-electron chi connectivity index (χ3n) is 16.5. The van der Waals surface area contributed by atoms with Gasteiger partial charge in [0.1, 0.15) is 48.8 Å². The number of aliphatic hydroxyl groups is 8. The average molecular weight is 1510 g/mol. The molecule has 0 bridgehead atoms. The lowest BCUT2D eigenvalue weighted by molar-refractivity contribution is -0.120. The Kier molecular flexibility index (Phi) is 30.9. The van der Waals surface area contributed by atoms with Crippen LogP contribution in [0.5, 0.6) is 0 Å². The highest BCUT2D eigenvalue weighted by Crippen LogP contribution is 2.43. The number of carbonyl (C=O) groups is 2. The number of nitrogens with zero attached hydrogens (tertiary/aromatic N) is 4. The van der Waals surface area contributed by atoms with Crippen LogP contribution in [0.25, 0.3) is 0 Å². The van der Waals surface area contributed by atoms with Crippen LogP contribution in [0.4, 0.5) is 0 Å². The molecule has 4 aliphatic heterocycles. The summed E-state index contributed by atoms with van der Waals surface area (Å²) in [5.41, 5.74) is -1.91. The summed E-state index contributed by atoms with van der Waals surface area (Å²) in [5, 5.41) is 90.2. The summed E-state index contributed by atoms with van der Waals surface area (Å²) in [5.74, 6) is -0.598. The van der Waals surface area contributed by atoms with Gasteiger partial charge in [-0.2, -0.15) is 0 Å². The first-order valence-corrected chi connectivity index (χ1v) is 45.1. The molecule has 8 heterocycles. The predicted octanol–water partition coefficient (Wildman–Crippen LogP) is -0.687. The van der Waals surface area contributed by atoms with Crippen LogP contribution in [0.15, 0.2) is 53.6 Å². The van der Waals surface area contributed by atoms with Crippen molar-refractivity contribution in [3.8, 4) is 0 Å². The van der Waals surface area contributed by atoms with Crippen molar-refractivity contribution in [3.05, 3.63) is 119 Å². The van der Waals surface area contributed by atoms with Crippen molar-refractivity contribution in [1.29, 1.82) is 0 Å². The Morgan fingerprint density at radius 3 is 0.939 bits per heavy atom. The lowest BCUT2D eigenvalue weighted by Crippen LogP contribution is -2.39. The maximum absolute atomic E-state index is 12.1. The van der Waals surface area contributed by atoms with Crippen LogP contribution >= 0.6 is 52.0 Å². The summed E-state index contributed by atoms with van der Waals surface area (Å²) in [4.78, 5) is 103. The molecule has 4 aromatic heterocycles. The largest absolute Gasteiger partial charge is 0.388 e. The van der Waals surface area contributed by atoms with Crippen molar-refractivity contribution < 1.29 is 69.4 Å². The smallest absolute Gasteiger partial charge is 0.330 e. The Morgan fingerprint density at radius 2 is 0.677 bits per heavy atom. The second-order valence-corrected chi connectivity index (χ2v) is 46.0. The van der Waals surface area contributed by atoms with Gasteiger partial charge >= 0.3 is 11.4 Å². The highest BCUT2D eigenvalue weighted by molar-refractivity contribution is 7.73. The van der Waals surface area contributed by atoms with E-state index in [4.69, 9.17) is 43.4 Å². The minimum Gasteiger partial charge on any atom is -0.388 e. The van der Waals surface area contributed by atoms with Gasteiger partial charge in [-0.15, -0.1) is 52.7 Å². The normalized spacial score (nSPS) is 26.9. The van der Waals surface area contributed by atoms with Gasteiger partial charge in [-0.3, -0.25) is 67.0 Å². The maximum Gasteiger partial charge on any atom is 0.330 e. The molecule has 2 amide bonds. The van der Waals surface area contributed by atoms with E-state index in [1.165, 1.54) is 41.6 Å². The Labute approximate surface area is 584 Å². The van der Waals surface area contributed by atoms with Gasteiger partial charge in [0.15, 0.2) is 34.5 Å². The van der Waals surface area contributed by atoms with E-state index in [9.17, 15) is 79.2 Å². The summed E-state index contributed by atoms with van der Waals surface area (Å²) in [6, 6.07) is 0. The summed E-state index contributed by atoms with van der Waals surface area (Å²) >= 11 is 10.3. The Balaban J connectivity index is 0.000000238. The molecule has 37 heteroatoms. The Bertz CT molecular complexity index is 4030. The molecule has 4 unspecified atom stereocenters. The molecule has 4 aromatic rings. The molecule has 4 saturated heterocycles. The van der Waals surface area contributed by atoms with Crippen LogP contribution in [0.3, 0.4) is 0 Å². The number of rotatable bonds is 23. The van der Waals surface area contributed by atoms with Gasteiger partial charge in [-0.25, -0.2) is 9.59 Å². The zero-order valence-electron chi connectivity index (χ0n) is 58.2. The number of aryl methyl sites for hydroxylation is 1. The molecule has 8 rings (SSSR count). The molecule has 31 nitrogen and oxygen atoms in total.